The summed E-state index contributed by atoms with van der Waals surface area (Å²) >= 11 is 0. The minimum Gasteiger partial charge on any atom is -0.293 e. The summed E-state index contributed by atoms with van der Waals surface area (Å²) in [6, 6.07) is 15.3. The van der Waals surface area contributed by atoms with Gasteiger partial charge in [-0.3, -0.25) is 19.5 Å². The summed E-state index contributed by atoms with van der Waals surface area (Å²) in [5.41, 5.74) is 1.72. The van der Waals surface area contributed by atoms with Gasteiger partial charge in [-0.25, -0.2) is 4.98 Å². The molecular weight excluding hydrogens is 336 g/mol. The molecule has 0 saturated carbocycles. The highest BCUT2D eigenvalue weighted by Gasteiger charge is 2.13. The lowest BCUT2D eigenvalue weighted by Crippen LogP contribution is -2.21. The van der Waals surface area contributed by atoms with Crippen molar-refractivity contribution in [1.82, 2.24) is 24.5 Å². The van der Waals surface area contributed by atoms with Gasteiger partial charge in [0.1, 0.15) is 6.33 Å². The van der Waals surface area contributed by atoms with Crippen LogP contribution in [0.4, 0.5) is 5.69 Å². The van der Waals surface area contributed by atoms with Crippen LogP contribution in [-0.2, 0) is 6.54 Å². The van der Waals surface area contributed by atoms with Gasteiger partial charge in [-0.15, -0.1) is 5.10 Å². The van der Waals surface area contributed by atoms with E-state index in [4.69, 9.17) is 0 Å². The summed E-state index contributed by atoms with van der Waals surface area (Å²) in [5, 5.41) is 18.7. The summed E-state index contributed by atoms with van der Waals surface area (Å²) in [5.74, 6) is 0. The molecule has 0 aliphatic heterocycles. The number of aromatic nitrogens is 5. The van der Waals surface area contributed by atoms with Crippen molar-refractivity contribution in [3.8, 4) is 5.69 Å². The highest BCUT2D eigenvalue weighted by atomic mass is 16.6. The molecule has 4 rings (SSSR count). The second kappa shape index (κ2) is 6.20. The molecule has 9 nitrogen and oxygen atoms in total. The van der Waals surface area contributed by atoms with E-state index in [1.807, 2.05) is 30.3 Å². The molecule has 0 N–H and O–H groups in total. The Bertz CT molecular complexity index is 1150. The van der Waals surface area contributed by atoms with Gasteiger partial charge >= 0.3 is 0 Å². The van der Waals surface area contributed by atoms with Crippen molar-refractivity contribution in [3.05, 3.63) is 87.0 Å². The molecule has 2 heterocycles. The molecule has 0 aliphatic rings. The average molecular weight is 348 g/mol. The largest absolute Gasteiger partial charge is 0.293 e. The molecule has 0 fully saturated rings. The SMILES string of the molecule is O=c1c2nnn(-c3ccccc3)c2ncn1Cc1ccc([N+](=O)[O-])cc1. The van der Waals surface area contributed by atoms with Gasteiger partial charge in [-0.05, 0) is 17.7 Å². The smallest absolute Gasteiger partial charge is 0.283 e. The fraction of sp³-hybridized carbons (Fsp3) is 0.0588. The van der Waals surface area contributed by atoms with E-state index in [2.05, 4.69) is 15.3 Å². The lowest BCUT2D eigenvalue weighted by atomic mass is 10.2. The predicted octanol–water partition coefficient (Wildman–Crippen LogP) is 1.93. The fourth-order valence-corrected chi connectivity index (χ4v) is 2.62. The summed E-state index contributed by atoms with van der Waals surface area (Å²) in [6.45, 7) is 0.234. The second-order valence-electron chi connectivity index (χ2n) is 5.61. The molecule has 2 aromatic heterocycles. The van der Waals surface area contributed by atoms with E-state index in [0.29, 0.717) is 5.65 Å². The zero-order chi connectivity index (χ0) is 18.1. The molecule has 0 bridgehead atoms. The topological polar surface area (TPSA) is 109 Å². The molecule has 0 radical (unpaired) electrons. The molecule has 9 heteroatoms. The number of hydrogen-bond donors (Lipinski definition) is 0. The maximum absolute atomic E-state index is 12.7. The van der Waals surface area contributed by atoms with E-state index in [1.54, 1.807) is 12.1 Å². The van der Waals surface area contributed by atoms with Gasteiger partial charge in [0.25, 0.3) is 11.2 Å². The van der Waals surface area contributed by atoms with Crippen LogP contribution in [0.2, 0.25) is 0 Å². The van der Waals surface area contributed by atoms with E-state index in [-0.39, 0.29) is 23.3 Å². The third-order valence-corrected chi connectivity index (χ3v) is 3.93. The van der Waals surface area contributed by atoms with Crippen molar-refractivity contribution in [2.75, 3.05) is 0 Å². The van der Waals surface area contributed by atoms with Crippen LogP contribution < -0.4 is 5.56 Å². The number of benzene rings is 2. The van der Waals surface area contributed by atoms with Crippen LogP contribution in [0.5, 0.6) is 0 Å². The molecule has 2 aromatic carbocycles. The average Bonchev–Trinajstić information content (AvgIpc) is 3.10. The standard InChI is InChI=1S/C17H12N6O3/c24-17-15-16(22(20-19-15)13-4-2-1-3-5-13)18-11-21(17)10-12-6-8-14(9-7-12)23(25)26/h1-9,11H,10H2. The summed E-state index contributed by atoms with van der Waals surface area (Å²) in [6.07, 6.45) is 1.43. The predicted molar refractivity (Wildman–Crippen MR) is 93.1 cm³/mol. The van der Waals surface area contributed by atoms with Crippen LogP contribution in [0.15, 0.2) is 65.7 Å². The molecule has 0 aliphatic carbocycles. The van der Waals surface area contributed by atoms with E-state index in [0.717, 1.165) is 11.3 Å². The van der Waals surface area contributed by atoms with E-state index in [9.17, 15) is 14.9 Å². The van der Waals surface area contributed by atoms with E-state index < -0.39 is 4.92 Å². The summed E-state index contributed by atoms with van der Waals surface area (Å²) in [4.78, 5) is 27.2. The third-order valence-electron chi connectivity index (χ3n) is 3.93. The first kappa shape index (κ1) is 15.6. The monoisotopic (exact) mass is 348 g/mol. The molecule has 0 atom stereocenters. The van der Waals surface area contributed by atoms with Crippen molar-refractivity contribution in [2.24, 2.45) is 0 Å². The fourth-order valence-electron chi connectivity index (χ4n) is 2.62. The highest BCUT2D eigenvalue weighted by Crippen LogP contribution is 2.14. The van der Waals surface area contributed by atoms with Crippen LogP contribution >= 0.6 is 0 Å². The molecular formula is C17H12N6O3. The van der Waals surface area contributed by atoms with E-state index in [1.165, 1.54) is 27.7 Å². The molecule has 0 spiro atoms. The number of nitrogens with zero attached hydrogens (tertiary/aromatic N) is 6. The lowest BCUT2D eigenvalue weighted by molar-refractivity contribution is -0.384. The number of rotatable bonds is 4. The van der Waals surface area contributed by atoms with Gasteiger partial charge in [0, 0.05) is 12.1 Å². The number of nitro groups is 1. The van der Waals surface area contributed by atoms with Gasteiger partial charge in [0.05, 0.1) is 17.2 Å². The third kappa shape index (κ3) is 2.71. The molecule has 128 valence electrons. The maximum atomic E-state index is 12.7. The lowest BCUT2D eigenvalue weighted by Gasteiger charge is -2.05. The minimum absolute atomic E-state index is 0.000443. The van der Waals surface area contributed by atoms with Crippen molar-refractivity contribution in [2.45, 2.75) is 6.54 Å². The Kier molecular flexibility index (Phi) is 3.73. The Balaban J connectivity index is 1.70. The zero-order valence-corrected chi connectivity index (χ0v) is 13.4. The molecule has 0 saturated heterocycles. The first-order valence-corrected chi connectivity index (χ1v) is 7.73. The van der Waals surface area contributed by atoms with E-state index >= 15 is 0 Å². The Morgan fingerprint density at radius 1 is 1.04 bits per heavy atom. The van der Waals surface area contributed by atoms with Crippen LogP contribution in [-0.4, -0.2) is 29.5 Å². The van der Waals surface area contributed by atoms with Gasteiger partial charge < -0.3 is 0 Å². The van der Waals surface area contributed by atoms with Gasteiger partial charge in [-0.2, -0.15) is 4.68 Å². The van der Waals surface area contributed by atoms with Crippen LogP contribution in [0, 0.1) is 10.1 Å². The quantitative estimate of drug-likeness (QED) is 0.412. The Morgan fingerprint density at radius 2 is 1.77 bits per heavy atom. The second-order valence-corrected chi connectivity index (χ2v) is 5.61. The van der Waals surface area contributed by atoms with Crippen molar-refractivity contribution in [1.29, 1.82) is 0 Å². The molecule has 0 amide bonds. The van der Waals surface area contributed by atoms with Crippen molar-refractivity contribution >= 4 is 16.9 Å². The van der Waals surface area contributed by atoms with Gasteiger partial charge in [0.15, 0.2) is 11.2 Å². The van der Waals surface area contributed by atoms with Crippen LogP contribution in [0.1, 0.15) is 5.56 Å². The highest BCUT2D eigenvalue weighted by molar-refractivity contribution is 5.70. The molecule has 0 unspecified atom stereocenters. The minimum atomic E-state index is -0.467. The summed E-state index contributed by atoms with van der Waals surface area (Å²) < 4.78 is 2.90. The van der Waals surface area contributed by atoms with Gasteiger partial charge in [-0.1, -0.05) is 35.5 Å². The molecule has 26 heavy (non-hydrogen) atoms. The van der Waals surface area contributed by atoms with Crippen LogP contribution in [0.3, 0.4) is 0 Å². The number of hydrogen-bond acceptors (Lipinski definition) is 6. The van der Waals surface area contributed by atoms with Crippen molar-refractivity contribution in [3.63, 3.8) is 0 Å². The maximum Gasteiger partial charge on any atom is 0.283 e. The normalized spacial score (nSPS) is 10.9. The van der Waals surface area contributed by atoms with Crippen LogP contribution in [0.25, 0.3) is 16.9 Å². The molecule has 4 aromatic rings. The Labute approximate surface area is 146 Å². The summed E-state index contributed by atoms with van der Waals surface area (Å²) in [7, 11) is 0. The number of nitro benzene ring substituents is 1. The van der Waals surface area contributed by atoms with Gasteiger partial charge in [0.2, 0.25) is 0 Å². The number of non-ortho nitro benzene ring substituents is 1. The Morgan fingerprint density at radius 3 is 2.46 bits per heavy atom. The number of para-hydroxylation sites is 1. The first-order valence-electron chi connectivity index (χ1n) is 7.73. The zero-order valence-electron chi connectivity index (χ0n) is 13.4. The first-order chi connectivity index (χ1) is 12.6. The van der Waals surface area contributed by atoms with Crippen molar-refractivity contribution < 1.29 is 4.92 Å². The Hall–Kier alpha value is -3.88. The number of fused-ring (bicyclic) bond motifs is 1.